The Bertz CT molecular complexity index is 383. The number of carbonyl (C=O) groups is 1. The van der Waals surface area contributed by atoms with Gasteiger partial charge in [-0.25, -0.2) is 0 Å². The monoisotopic (exact) mass is 319 g/mol. The molecule has 1 aliphatic heterocycles. The minimum absolute atomic E-state index is 0. The van der Waals surface area contributed by atoms with E-state index in [1.165, 1.54) is 0 Å². The third-order valence-corrected chi connectivity index (χ3v) is 3.42. The van der Waals surface area contributed by atoms with Crippen LogP contribution in [-0.2, 0) is 11.3 Å². The number of nitrogens with one attached hydrogen (secondary N) is 1. The lowest BCUT2D eigenvalue weighted by Crippen LogP contribution is -2.42. The van der Waals surface area contributed by atoms with Crippen LogP contribution in [0.5, 0.6) is 0 Å². The van der Waals surface area contributed by atoms with Crippen LogP contribution in [0.4, 0.5) is 0 Å². The van der Waals surface area contributed by atoms with Gasteiger partial charge in [-0.3, -0.25) is 9.78 Å². The largest absolute Gasteiger partial charge is 0.337 e. The fourth-order valence-corrected chi connectivity index (χ4v) is 2.35. The Morgan fingerprint density at radius 1 is 1.45 bits per heavy atom. The van der Waals surface area contributed by atoms with E-state index in [-0.39, 0.29) is 36.6 Å². The molecule has 1 N–H and O–H groups in total. The standard InChI is InChI=1S/C14H21N3O.2ClH/c1-2-17(11-13-7-3-4-9-16-13)14(18)12-6-5-8-15-10-12;;/h3-4,7,9,12,15H,2,5-6,8,10-11H2,1H3;2*1H/t12-;;/m1../s1. The first kappa shape index (κ1) is 19.2. The van der Waals surface area contributed by atoms with Crippen LogP contribution in [0.15, 0.2) is 24.4 Å². The molecule has 1 aliphatic rings. The summed E-state index contributed by atoms with van der Waals surface area (Å²) in [7, 11) is 0. The highest BCUT2D eigenvalue weighted by Gasteiger charge is 2.25. The molecule has 0 aromatic carbocycles. The topological polar surface area (TPSA) is 45.2 Å². The van der Waals surface area contributed by atoms with Crippen LogP contribution in [0.3, 0.4) is 0 Å². The molecule has 0 unspecified atom stereocenters. The molecule has 0 bridgehead atoms. The second kappa shape index (κ2) is 9.97. The number of halogens is 2. The number of nitrogens with zero attached hydrogens (tertiary/aromatic N) is 2. The molecule has 2 rings (SSSR count). The van der Waals surface area contributed by atoms with Gasteiger partial charge in [0.2, 0.25) is 5.91 Å². The summed E-state index contributed by atoms with van der Waals surface area (Å²) in [6.07, 6.45) is 3.87. The van der Waals surface area contributed by atoms with Gasteiger partial charge in [-0.15, -0.1) is 24.8 Å². The van der Waals surface area contributed by atoms with Crippen LogP contribution in [0.25, 0.3) is 0 Å². The zero-order chi connectivity index (χ0) is 12.8. The fourth-order valence-electron chi connectivity index (χ4n) is 2.35. The van der Waals surface area contributed by atoms with Gasteiger partial charge < -0.3 is 10.2 Å². The minimum atomic E-state index is 0. The Hall–Kier alpha value is -0.840. The van der Waals surface area contributed by atoms with E-state index in [0.29, 0.717) is 6.54 Å². The molecule has 1 fully saturated rings. The van der Waals surface area contributed by atoms with E-state index >= 15 is 0 Å². The third kappa shape index (κ3) is 5.27. The molecular weight excluding hydrogens is 297 g/mol. The van der Waals surface area contributed by atoms with Gasteiger partial charge >= 0.3 is 0 Å². The van der Waals surface area contributed by atoms with Gasteiger partial charge in [-0.05, 0) is 38.4 Å². The van der Waals surface area contributed by atoms with Gasteiger partial charge in [-0.1, -0.05) is 6.07 Å². The Kier molecular flexibility index (Phi) is 9.55. The minimum Gasteiger partial charge on any atom is -0.337 e. The van der Waals surface area contributed by atoms with Crippen molar-refractivity contribution >= 4 is 30.7 Å². The lowest BCUT2D eigenvalue weighted by Gasteiger charge is -2.28. The lowest BCUT2D eigenvalue weighted by atomic mass is 9.98. The summed E-state index contributed by atoms with van der Waals surface area (Å²) in [5.74, 6) is 0.401. The van der Waals surface area contributed by atoms with Crippen LogP contribution in [0, 0.1) is 5.92 Å². The van der Waals surface area contributed by atoms with E-state index in [0.717, 1.165) is 38.2 Å². The zero-order valence-corrected chi connectivity index (χ0v) is 13.4. The number of pyridine rings is 1. The molecule has 0 aliphatic carbocycles. The van der Waals surface area contributed by atoms with Crippen molar-refractivity contribution in [2.24, 2.45) is 5.92 Å². The first-order chi connectivity index (χ1) is 8.81. The number of hydrogen-bond acceptors (Lipinski definition) is 3. The summed E-state index contributed by atoms with van der Waals surface area (Å²) in [4.78, 5) is 18.6. The van der Waals surface area contributed by atoms with E-state index < -0.39 is 0 Å². The molecule has 1 aromatic heterocycles. The van der Waals surface area contributed by atoms with Crippen molar-refractivity contribution in [1.82, 2.24) is 15.2 Å². The molecule has 0 radical (unpaired) electrons. The normalized spacial score (nSPS) is 17.6. The van der Waals surface area contributed by atoms with Crippen LogP contribution >= 0.6 is 24.8 Å². The summed E-state index contributed by atoms with van der Waals surface area (Å²) in [6.45, 7) is 5.24. The molecule has 2 heterocycles. The highest BCUT2D eigenvalue weighted by atomic mass is 35.5. The number of hydrogen-bond donors (Lipinski definition) is 1. The van der Waals surface area contributed by atoms with Crippen molar-refractivity contribution in [1.29, 1.82) is 0 Å². The molecule has 4 nitrogen and oxygen atoms in total. The molecule has 0 saturated carbocycles. The number of amides is 1. The lowest BCUT2D eigenvalue weighted by molar-refractivity contribution is -0.136. The molecule has 1 aromatic rings. The highest BCUT2D eigenvalue weighted by Crippen LogP contribution is 2.14. The van der Waals surface area contributed by atoms with Gasteiger partial charge in [0.05, 0.1) is 18.2 Å². The molecule has 20 heavy (non-hydrogen) atoms. The second-order valence-corrected chi connectivity index (χ2v) is 4.72. The summed E-state index contributed by atoms with van der Waals surface area (Å²) in [5, 5.41) is 3.30. The van der Waals surface area contributed by atoms with E-state index in [1.54, 1.807) is 6.20 Å². The third-order valence-electron chi connectivity index (χ3n) is 3.42. The van der Waals surface area contributed by atoms with Crippen LogP contribution in [0.1, 0.15) is 25.5 Å². The average Bonchev–Trinajstić information content (AvgIpc) is 2.46. The highest BCUT2D eigenvalue weighted by molar-refractivity contribution is 5.85. The van der Waals surface area contributed by atoms with Crippen molar-refractivity contribution in [3.05, 3.63) is 30.1 Å². The summed E-state index contributed by atoms with van der Waals surface area (Å²) < 4.78 is 0. The summed E-state index contributed by atoms with van der Waals surface area (Å²) in [6, 6.07) is 5.82. The molecular formula is C14H23Cl2N3O. The molecule has 1 atom stereocenters. The molecule has 0 spiro atoms. The van der Waals surface area contributed by atoms with Crippen LogP contribution in [0.2, 0.25) is 0 Å². The average molecular weight is 320 g/mol. The first-order valence-corrected chi connectivity index (χ1v) is 6.70. The zero-order valence-electron chi connectivity index (χ0n) is 11.7. The van der Waals surface area contributed by atoms with Gasteiger partial charge in [0.25, 0.3) is 0 Å². The Balaban J connectivity index is 0.00000180. The van der Waals surface area contributed by atoms with Crippen molar-refractivity contribution in [3.8, 4) is 0 Å². The Morgan fingerprint density at radius 3 is 2.80 bits per heavy atom. The smallest absolute Gasteiger partial charge is 0.227 e. The predicted molar refractivity (Wildman–Crippen MR) is 85.4 cm³/mol. The molecule has 1 amide bonds. The molecule has 6 heteroatoms. The maximum absolute atomic E-state index is 12.4. The van der Waals surface area contributed by atoms with E-state index in [9.17, 15) is 4.79 Å². The first-order valence-electron chi connectivity index (χ1n) is 6.70. The van der Waals surface area contributed by atoms with Crippen molar-refractivity contribution < 1.29 is 4.79 Å². The van der Waals surface area contributed by atoms with Crippen molar-refractivity contribution in [3.63, 3.8) is 0 Å². The van der Waals surface area contributed by atoms with Crippen LogP contribution < -0.4 is 5.32 Å². The molecule has 1 saturated heterocycles. The number of aromatic nitrogens is 1. The Morgan fingerprint density at radius 2 is 2.25 bits per heavy atom. The summed E-state index contributed by atoms with van der Waals surface area (Å²) in [5.41, 5.74) is 0.955. The number of carbonyl (C=O) groups excluding carboxylic acids is 1. The van der Waals surface area contributed by atoms with Gasteiger partial charge in [0.15, 0.2) is 0 Å². The fraction of sp³-hybridized carbons (Fsp3) is 0.571. The van der Waals surface area contributed by atoms with E-state index in [2.05, 4.69) is 10.3 Å². The van der Waals surface area contributed by atoms with Gasteiger partial charge in [0.1, 0.15) is 0 Å². The van der Waals surface area contributed by atoms with Crippen LogP contribution in [-0.4, -0.2) is 35.4 Å². The second-order valence-electron chi connectivity index (χ2n) is 4.72. The number of piperidine rings is 1. The van der Waals surface area contributed by atoms with Crippen molar-refractivity contribution in [2.45, 2.75) is 26.3 Å². The van der Waals surface area contributed by atoms with Gasteiger partial charge in [-0.2, -0.15) is 0 Å². The number of rotatable bonds is 4. The van der Waals surface area contributed by atoms with E-state index in [4.69, 9.17) is 0 Å². The van der Waals surface area contributed by atoms with Gasteiger partial charge in [0, 0.05) is 19.3 Å². The van der Waals surface area contributed by atoms with E-state index in [1.807, 2.05) is 30.0 Å². The summed E-state index contributed by atoms with van der Waals surface area (Å²) >= 11 is 0. The van der Waals surface area contributed by atoms with Crippen molar-refractivity contribution in [2.75, 3.05) is 19.6 Å². The SMILES string of the molecule is CCN(Cc1ccccn1)C(=O)[C@@H]1CCCNC1.Cl.Cl. The molecule has 114 valence electrons. The predicted octanol–water partition coefficient (Wildman–Crippen LogP) is 2.27. The quantitative estimate of drug-likeness (QED) is 0.926. The Labute approximate surface area is 133 Å². The maximum Gasteiger partial charge on any atom is 0.227 e. The maximum atomic E-state index is 12.4.